The third-order valence-electron chi connectivity index (χ3n) is 4.38. The van der Waals surface area contributed by atoms with Crippen LogP contribution in [0.2, 0.25) is 0 Å². The number of fused-ring (bicyclic) bond motifs is 1. The standard InChI is InChI=1S/C17H19F3N2O4S2/c1-2-3-4-15(23)21-16-22(13-9-28(24,25)10-14(13)27-16)11-5-7-12(8-6-11)26-17(18,19)20/h5-8,13-14H,2-4,9-10H2,1H3/t13-,14-/m1/s1. The lowest BCUT2D eigenvalue weighted by Gasteiger charge is -2.24. The molecule has 154 valence electrons. The highest BCUT2D eigenvalue weighted by Gasteiger charge is 2.49. The monoisotopic (exact) mass is 436 g/mol. The second-order valence-corrected chi connectivity index (χ2v) is 9.96. The zero-order chi connectivity index (χ0) is 20.5. The number of anilines is 1. The fourth-order valence-corrected chi connectivity index (χ4v) is 7.10. The van der Waals surface area contributed by atoms with Gasteiger partial charge in [-0.3, -0.25) is 4.79 Å². The summed E-state index contributed by atoms with van der Waals surface area (Å²) >= 11 is 1.23. The van der Waals surface area contributed by atoms with Crippen LogP contribution in [0.5, 0.6) is 5.75 Å². The number of rotatable bonds is 5. The maximum Gasteiger partial charge on any atom is 0.573 e. The van der Waals surface area contributed by atoms with Crippen molar-refractivity contribution in [3.05, 3.63) is 24.3 Å². The van der Waals surface area contributed by atoms with Gasteiger partial charge in [0, 0.05) is 17.4 Å². The molecule has 0 aromatic heterocycles. The number of amidine groups is 1. The Balaban J connectivity index is 1.88. The van der Waals surface area contributed by atoms with Gasteiger partial charge in [0.15, 0.2) is 15.0 Å². The minimum absolute atomic E-state index is 0.0176. The lowest BCUT2D eigenvalue weighted by Crippen LogP contribution is -2.37. The summed E-state index contributed by atoms with van der Waals surface area (Å²) < 4.78 is 64.9. The molecule has 2 aliphatic heterocycles. The lowest BCUT2D eigenvalue weighted by molar-refractivity contribution is -0.274. The first-order chi connectivity index (χ1) is 13.1. The highest BCUT2D eigenvalue weighted by molar-refractivity contribution is 8.16. The zero-order valence-corrected chi connectivity index (χ0v) is 16.6. The van der Waals surface area contributed by atoms with E-state index in [-0.39, 0.29) is 28.4 Å². The number of sulfone groups is 1. The van der Waals surface area contributed by atoms with Crippen LogP contribution in [0, 0.1) is 0 Å². The number of aliphatic imine (C=N–C) groups is 1. The van der Waals surface area contributed by atoms with E-state index in [4.69, 9.17) is 0 Å². The predicted molar refractivity (Wildman–Crippen MR) is 101 cm³/mol. The Morgan fingerprint density at radius 1 is 1.29 bits per heavy atom. The van der Waals surface area contributed by atoms with Gasteiger partial charge in [-0.1, -0.05) is 25.1 Å². The van der Waals surface area contributed by atoms with Crippen molar-refractivity contribution >= 4 is 38.4 Å². The first-order valence-electron chi connectivity index (χ1n) is 8.71. The Labute approximate surface area is 165 Å². The Morgan fingerprint density at radius 3 is 2.57 bits per heavy atom. The molecule has 2 aliphatic rings. The van der Waals surface area contributed by atoms with Gasteiger partial charge < -0.3 is 9.64 Å². The van der Waals surface area contributed by atoms with Crippen LogP contribution < -0.4 is 9.64 Å². The van der Waals surface area contributed by atoms with Crippen molar-refractivity contribution in [3.8, 4) is 5.75 Å². The molecule has 0 saturated carbocycles. The molecule has 0 radical (unpaired) electrons. The average molecular weight is 436 g/mol. The highest BCUT2D eigenvalue weighted by Crippen LogP contribution is 2.41. The molecule has 2 fully saturated rings. The lowest BCUT2D eigenvalue weighted by atomic mass is 10.2. The summed E-state index contributed by atoms with van der Waals surface area (Å²) in [6.45, 7) is 1.96. The summed E-state index contributed by atoms with van der Waals surface area (Å²) in [6, 6.07) is 4.70. The molecule has 2 heterocycles. The molecule has 0 aliphatic carbocycles. The maximum atomic E-state index is 12.4. The minimum atomic E-state index is -4.80. The van der Waals surface area contributed by atoms with Crippen molar-refractivity contribution in [3.63, 3.8) is 0 Å². The molecular weight excluding hydrogens is 417 g/mol. The molecule has 0 bridgehead atoms. The fraction of sp³-hybridized carbons (Fsp3) is 0.529. The number of hydrogen-bond acceptors (Lipinski definition) is 5. The fourth-order valence-electron chi connectivity index (χ4n) is 3.17. The number of thioether (sulfide) groups is 1. The third-order valence-corrected chi connectivity index (χ3v) is 7.59. The van der Waals surface area contributed by atoms with Gasteiger partial charge in [0.1, 0.15) is 5.75 Å². The van der Waals surface area contributed by atoms with E-state index in [1.807, 2.05) is 6.92 Å². The number of nitrogens with zero attached hydrogens (tertiary/aromatic N) is 2. The number of unbranched alkanes of at least 4 members (excludes halogenated alkanes) is 1. The summed E-state index contributed by atoms with van der Waals surface area (Å²) in [5.41, 5.74) is 0.466. The summed E-state index contributed by atoms with van der Waals surface area (Å²) in [4.78, 5) is 17.9. The van der Waals surface area contributed by atoms with Crippen LogP contribution in [0.25, 0.3) is 0 Å². The van der Waals surface area contributed by atoms with Gasteiger partial charge in [0.05, 0.1) is 17.5 Å². The predicted octanol–water partition coefficient (Wildman–Crippen LogP) is 3.38. The second-order valence-electron chi connectivity index (χ2n) is 6.60. The molecule has 2 atom stereocenters. The van der Waals surface area contributed by atoms with Crippen molar-refractivity contribution < 1.29 is 31.1 Å². The van der Waals surface area contributed by atoms with Gasteiger partial charge in [0.25, 0.3) is 0 Å². The minimum Gasteiger partial charge on any atom is -0.406 e. The van der Waals surface area contributed by atoms with Gasteiger partial charge in [-0.25, -0.2) is 8.42 Å². The number of ether oxygens (including phenoxy) is 1. The topological polar surface area (TPSA) is 76.0 Å². The first kappa shape index (κ1) is 21.0. The first-order valence-corrected chi connectivity index (χ1v) is 11.4. The molecule has 1 aromatic carbocycles. The van der Waals surface area contributed by atoms with E-state index in [0.29, 0.717) is 23.7 Å². The molecule has 2 saturated heterocycles. The number of carbonyl (C=O) groups excluding carboxylic acids is 1. The number of carbonyl (C=O) groups is 1. The van der Waals surface area contributed by atoms with Crippen LogP contribution in [0.15, 0.2) is 29.3 Å². The van der Waals surface area contributed by atoms with E-state index in [2.05, 4.69) is 9.73 Å². The molecule has 11 heteroatoms. The number of alkyl halides is 3. The Bertz CT molecular complexity index is 869. The highest BCUT2D eigenvalue weighted by atomic mass is 32.2. The summed E-state index contributed by atoms with van der Waals surface area (Å²) in [5.74, 6) is -0.783. The van der Waals surface area contributed by atoms with Crippen LogP contribution in [0.3, 0.4) is 0 Å². The van der Waals surface area contributed by atoms with Crippen LogP contribution in [0.1, 0.15) is 26.2 Å². The van der Waals surface area contributed by atoms with Crippen molar-refractivity contribution in [2.24, 2.45) is 4.99 Å². The second kappa shape index (κ2) is 7.94. The van der Waals surface area contributed by atoms with Crippen LogP contribution in [-0.4, -0.2) is 48.7 Å². The normalized spacial score (nSPS) is 25.1. The van der Waals surface area contributed by atoms with Gasteiger partial charge >= 0.3 is 6.36 Å². The Morgan fingerprint density at radius 2 is 1.96 bits per heavy atom. The molecule has 0 spiro atoms. The van der Waals surface area contributed by atoms with E-state index in [1.54, 1.807) is 4.90 Å². The van der Waals surface area contributed by atoms with E-state index in [0.717, 1.165) is 18.6 Å². The van der Waals surface area contributed by atoms with Gasteiger partial charge in [-0.15, -0.1) is 13.2 Å². The summed E-state index contributed by atoms with van der Waals surface area (Å²) in [7, 11) is -3.22. The Hall–Kier alpha value is -1.75. The van der Waals surface area contributed by atoms with Gasteiger partial charge in [-0.2, -0.15) is 4.99 Å². The molecule has 6 nitrogen and oxygen atoms in total. The SMILES string of the molecule is CCCCC(=O)N=C1S[C@@H]2CS(=O)(=O)C[C@H]2N1c1ccc(OC(F)(F)F)cc1. The van der Waals surface area contributed by atoms with Crippen molar-refractivity contribution in [1.82, 2.24) is 0 Å². The number of benzene rings is 1. The quantitative estimate of drug-likeness (QED) is 0.705. The molecule has 1 aromatic rings. The van der Waals surface area contributed by atoms with Gasteiger partial charge in [-0.05, 0) is 30.7 Å². The molecule has 28 heavy (non-hydrogen) atoms. The molecule has 0 N–H and O–H groups in total. The summed E-state index contributed by atoms with van der Waals surface area (Å²) in [5, 5.41) is 0.115. The van der Waals surface area contributed by atoms with Crippen LogP contribution in [-0.2, 0) is 14.6 Å². The molecular formula is C17H19F3N2O4S2. The van der Waals surface area contributed by atoms with E-state index in [9.17, 15) is 26.4 Å². The maximum absolute atomic E-state index is 12.4. The van der Waals surface area contributed by atoms with Crippen LogP contribution >= 0.6 is 11.8 Å². The molecule has 3 rings (SSSR count). The van der Waals surface area contributed by atoms with E-state index < -0.39 is 22.2 Å². The molecule has 0 unspecified atom stereocenters. The number of halogens is 3. The molecule has 1 amide bonds. The van der Waals surface area contributed by atoms with Crippen molar-refractivity contribution in [1.29, 1.82) is 0 Å². The van der Waals surface area contributed by atoms with E-state index >= 15 is 0 Å². The van der Waals surface area contributed by atoms with E-state index in [1.165, 1.54) is 23.9 Å². The smallest absolute Gasteiger partial charge is 0.406 e. The van der Waals surface area contributed by atoms with Crippen LogP contribution in [0.4, 0.5) is 18.9 Å². The van der Waals surface area contributed by atoms with Gasteiger partial charge in [0.2, 0.25) is 5.91 Å². The number of amides is 1. The number of hydrogen-bond donors (Lipinski definition) is 0. The zero-order valence-electron chi connectivity index (χ0n) is 15.0. The Kier molecular flexibility index (Phi) is 5.95. The van der Waals surface area contributed by atoms with Crippen molar-refractivity contribution in [2.75, 3.05) is 16.4 Å². The summed E-state index contributed by atoms with van der Waals surface area (Å²) in [6.07, 6.45) is -2.96. The third kappa shape index (κ3) is 4.99. The van der Waals surface area contributed by atoms with Crippen molar-refractivity contribution in [2.45, 2.75) is 43.8 Å². The average Bonchev–Trinajstić information content (AvgIpc) is 3.03. The largest absolute Gasteiger partial charge is 0.573 e.